The monoisotopic (exact) mass is 918 g/mol. The van der Waals surface area contributed by atoms with Crippen LogP contribution < -0.4 is 4.90 Å². The minimum Gasteiger partial charge on any atom is -0.455 e. The molecule has 0 radical (unpaired) electrons. The lowest BCUT2D eigenvalue weighted by molar-refractivity contribution is -0.295. The lowest BCUT2D eigenvalue weighted by atomic mass is 9.73. The number of hydrogen-bond donors (Lipinski definition) is 1. The molecular weight excluding hydrogens is 852 g/mol. The van der Waals surface area contributed by atoms with E-state index >= 15 is 4.39 Å². The molecule has 1 N–H and O–H groups in total. The summed E-state index contributed by atoms with van der Waals surface area (Å²) in [6, 6.07) is 16.6. The summed E-state index contributed by atoms with van der Waals surface area (Å²) >= 11 is 0. The molecule has 1 aromatic heterocycles. The van der Waals surface area contributed by atoms with Crippen molar-refractivity contribution in [3.8, 4) is 0 Å². The number of benzene rings is 2. The number of esters is 1. The van der Waals surface area contributed by atoms with Gasteiger partial charge < -0.3 is 43.5 Å². The number of nitrogens with zero attached hydrogens (tertiary/aromatic N) is 4. The number of cyclic esters (lactones) is 1. The van der Waals surface area contributed by atoms with Crippen LogP contribution in [0.5, 0.6) is 0 Å². The van der Waals surface area contributed by atoms with Crippen molar-refractivity contribution < 1.29 is 57.2 Å². The van der Waals surface area contributed by atoms with Crippen LogP contribution in [-0.2, 0) is 38.1 Å². The number of likely N-dealkylation sites (N-methyl/N-ethyl adjacent to an activating group) is 1. The minimum atomic E-state index is -3.23. The van der Waals surface area contributed by atoms with Crippen molar-refractivity contribution in [2.75, 3.05) is 39.2 Å². The molecule has 3 aliphatic rings. The zero-order chi connectivity index (χ0) is 48.5. The molecule has 0 aliphatic carbocycles. The van der Waals surface area contributed by atoms with Gasteiger partial charge in [0.05, 0.1) is 35.1 Å². The van der Waals surface area contributed by atoms with Gasteiger partial charge in [-0.15, -0.1) is 0 Å². The molecule has 16 heteroatoms. The van der Waals surface area contributed by atoms with Gasteiger partial charge in [0, 0.05) is 61.1 Å². The summed E-state index contributed by atoms with van der Waals surface area (Å²) in [5, 5.41) is 12.2. The minimum absolute atomic E-state index is 0.00959. The number of para-hydroxylation sites is 1. The van der Waals surface area contributed by atoms with Crippen molar-refractivity contribution in [1.29, 1.82) is 0 Å². The van der Waals surface area contributed by atoms with Crippen LogP contribution in [0.15, 0.2) is 66.9 Å². The molecule has 3 saturated heterocycles. The number of aliphatic hydroxyl groups excluding tert-OH is 1. The molecule has 0 unspecified atom stereocenters. The highest BCUT2D eigenvalue weighted by molar-refractivity contribution is 6.10. The number of aromatic nitrogens is 1. The third-order valence-corrected chi connectivity index (χ3v) is 14.1. The third kappa shape index (κ3) is 9.75. The highest BCUT2D eigenvalue weighted by atomic mass is 19.1. The maximum atomic E-state index is 17.1. The SMILES string of the molecule is CC[C@H]1OC(=O)[C@@](C)(F)C(=O)[C@H](C)[C@@H](O[C@@H]2O[C@H](C)C[C@H](N(C)C)[C@H]2O)[C@@](C)(OC)C[C@@H](C)C(=O)[C@H](C)[C@H]2N(CCCN(C(=O)c3ccccc3)c3ccnc4ccccc34)C(=O)O[C@]12C. The first-order chi connectivity index (χ1) is 31.1. The Labute approximate surface area is 387 Å². The van der Waals surface area contributed by atoms with Gasteiger partial charge in [0.25, 0.3) is 11.6 Å². The fraction of sp³-hybridized carbons (Fsp3) is 0.600. The number of hydrogen-bond acceptors (Lipinski definition) is 13. The van der Waals surface area contributed by atoms with E-state index < -0.39 is 83.1 Å². The molecule has 2 aromatic carbocycles. The molecule has 3 aromatic rings. The Morgan fingerprint density at radius 2 is 1.64 bits per heavy atom. The van der Waals surface area contributed by atoms with Crippen molar-refractivity contribution in [3.63, 3.8) is 0 Å². The van der Waals surface area contributed by atoms with Crippen LogP contribution >= 0.6 is 0 Å². The Morgan fingerprint density at radius 3 is 2.29 bits per heavy atom. The number of methoxy groups -OCH3 is 1. The van der Waals surface area contributed by atoms with Crippen LogP contribution in [0.1, 0.15) is 91.4 Å². The Bertz CT molecular complexity index is 2240. The number of alkyl halides is 1. The molecule has 15 nitrogen and oxygen atoms in total. The van der Waals surface area contributed by atoms with Gasteiger partial charge in [-0.1, -0.05) is 64.1 Å². The highest BCUT2D eigenvalue weighted by Gasteiger charge is 2.62. The summed E-state index contributed by atoms with van der Waals surface area (Å²) in [6.07, 6.45) is -3.96. The molecule has 2 amide bonds. The summed E-state index contributed by atoms with van der Waals surface area (Å²) < 4.78 is 47.9. The first-order valence-electron chi connectivity index (χ1n) is 23.0. The van der Waals surface area contributed by atoms with Crippen LogP contribution in [0, 0.1) is 17.8 Å². The van der Waals surface area contributed by atoms with E-state index in [1.807, 2.05) is 56.3 Å². The molecule has 0 spiro atoms. The van der Waals surface area contributed by atoms with Gasteiger partial charge in [-0.25, -0.2) is 14.0 Å². The predicted octanol–water partition coefficient (Wildman–Crippen LogP) is 6.57. The van der Waals surface area contributed by atoms with Crippen LogP contribution in [0.25, 0.3) is 10.9 Å². The second-order valence-corrected chi connectivity index (χ2v) is 19.1. The molecule has 66 heavy (non-hydrogen) atoms. The van der Waals surface area contributed by atoms with E-state index in [0.29, 0.717) is 23.2 Å². The van der Waals surface area contributed by atoms with Gasteiger partial charge in [-0.3, -0.25) is 19.4 Å². The van der Waals surface area contributed by atoms with Crippen molar-refractivity contribution in [1.82, 2.24) is 14.8 Å². The van der Waals surface area contributed by atoms with Crippen LogP contribution in [0.3, 0.4) is 0 Å². The fourth-order valence-electron chi connectivity index (χ4n) is 10.5. The number of rotatable bonds is 11. The van der Waals surface area contributed by atoms with Crippen LogP contribution in [0.4, 0.5) is 14.9 Å². The quantitative estimate of drug-likeness (QED) is 0.162. The average Bonchev–Trinajstić information content (AvgIpc) is 3.56. The first-order valence-corrected chi connectivity index (χ1v) is 23.0. The first kappa shape index (κ1) is 50.5. The number of amides is 2. The van der Waals surface area contributed by atoms with Crippen LogP contribution in [0.2, 0.25) is 0 Å². The number of halogens is 1. The van der Waals surface area contributed by atoms with Crippen molar-refractivity contribution in [2.45, 2.75) is 141 Å². The van der Waals surface area contributed by atoms with E-state index in [1.165, 1.54) is 18.9 Å². The molecule has 3 aliphatic heterocycles. The van der Waals surface area contributed by atoms with E-state index in [-0.39, 0.29) is 56.2 Å². The van der Waals surface area contributed by atoms with Crippen molar-refractivity contribution in [3.05, 3.63) is 72.4 Å². The van der Waals surface area contributed by atoms with E-state index in [4.69, 9.17) is 23.7 Å². The van der Waals surface area contributed by atoms with Crippen molar-refractivity contribution in [2.24, 2.45) is 17.8 Å². The topological polar surface area (TPSA) is 174 Å². The number of carbonyl (C=O) groups excluding carboxylic acids is 5. The van der Waals surface area contributed by atoms with Gasteiger partial charge in [0.1, 0.15) is 18.0 Å². The Kier molecular flexibility index (Phi) is 15.4. The zero-order valence-corrected chi connectivity index (χ0v) is 40.1. The van der Waals surface area contributed by atoms with E-state index in [0.717, 1.165) is 12.3 Å². The summed E-state index contributed by atoms with van der Waals surface area (Å²) in [7, 11) is 5.02. The number of carbonyl (C=O) groups is 5. The molecule has 3 fully saturated rings. The summed E-state index contributed by atoms with van der Waals surface area (Å²) in [5.74, 6) is -6.40. The van der Waals surface area contributed by atoms with E-state index in [1.54, 1.807) is 76.0 Å². The normalized spacial score (nSPS) is 34.7. The summed E-state index contributed by atoms with van der Waals surface area (Å²) in [4.78, 5) is 81.3. The summed E-state index contributed by atoms with van der Waals surface area (Å²) in [6.45, 7) is 12.5. The Morgan fingerprint density at radius 1 is 0.970 bits per heavy atom. The van der Waals surface area contributed by atoms with E-state index in [9.17, 15) is 29.1 Å². The van der Waals surface area contributed by atoms with E-state index in [2.05, 4.69) is 4.98 Å². The second kappa shape index (κ2) is 20.2. The van der Waals surface area contributed by atoms with Gasteiger partial charge >= 0.3 is 12.1 Å². The average molecular weight is 919 g/mol. The molecular formula is C50H67FN4O11. The number of pyridine rings is 1. The number of fused-ring (bicyclic) bond motifs is 2. The predicted molar refractivity (Wildman–Crippen MR) is 244 cm³/mol. The smallest absolute Gasteiger partial charge is 0.410 e. The fourth-order valence-corrected chi connectivity index (χ4v) is 10.5. The van der Waals surface area contributed by atoms with Gasteiger partial charge in [0.15, 0.2) is 17.7 Å². The number of aliphatic hydroxyl groups is 1. The highest BCUT2D eigenvalue weighted by Crippen LogP contribution is 2.44. The third-order valence-electron chi connectivity index (χ3n) is 14.1. The second-order valence-electron chi connectivity index (χ2n) is 19.1. The molecule has 6 rings (SSSR count). The van der Waals surface area contributed by atoms with Gasteiger partial charge in [-0.2, -0.15) is 0 Å². The molecule has 0 saturated carbocycles. The van der Waals surface area contributed by atoms with Gasteiger partial charge in [-0.05, 0) is 91.7 Å². The maximum absolute atomic E-state index is 17.1. The van der Waals surface area contributed by atoms with Crippen molar-refractivity contribution >= 4 is 46.1 Å². The molecule has 13 atom stereocenters. The largest absolute Gasteiger partial charge is 0.455 e. The number of ketones is 2. The Balaban J connectivity index is 1.37. The van der Waals surface area contributed by atoms with Gasteiger partial charge in [0.2, 0.25) is 0 Å². The molecule has 360 valence electrons. The lowest BCUT2D eigenvalue weighted by Gasteiger charge is -2.47. The molecule has 4 heterocycles. The maximum Gasteiger partial charge on any atom is 0.410 e. The van der Waals surface area contributed by atoms with Crippen LogP contribution in [-0.4, -0.2) is 143 Å². The zero-order valence-electron chi connectivity index (χ0n) is 40.1. The molecule has 0 bridgehead atoms. The number of Topliss-reactive ketones (excluding diaryl/α,β-unsaturated/α-hetero) is 2. The summed E-state index contributed by atoms with van der Waals surface area (Å²) in [5.41, 5.74) is -4.67. The Hall–Kier alpha value is -4.87. The number of anilines is 1. The standard InChI is InChI=1S/C50H67FN4O11/c1-12-38-50(8)41(55(47(61)66-50)26-18-25-54(44(59)33-19-14-13-15-20-33)36-23-24-52-35-22-17-16-21-34(35)36)31(4)39(56)29(2)28-48(6,62-11)43(32(5)42(58)49(7,51)46(60)64-38)65-45-40(57)37(53(9)10)27-30(3)63-45/h13-17,19-24,29-32,37-38,40-41,43,45,57H,12,18,25-28H2,1-11H3/t29-,30-,31+,32+,37+,38-,40-,41-,43-,45+,48+,49+,50-/m1/s1. The number of ether oxygens (including phenoxy) is 5. The lowest BCUT2D eigenvalue weighted by Crippen LogP contribution is -2.61.